The molecule has 0 aliphatic carbocycles. The molecule has 2 saturated heterocycles. The first-order valence-corrected chi connectivity index (χ1v) is 7.89. The van der Waals surface area contributed by atoms with E-state index in [9.17, 15) is 4.79 Å². The van der Waals surface area contributed by atoms with Gasteiger partial charge in [-0.15, -0.1) is 0 Å². The summed E-state index contributed by atoms with van der Waals surface area (Å²) in [7, 11) is 0. The number of alkyl halides is 1. The number of piperidine rings is 1. The van der Waals surface area contributed by atoms with Crippen molar-refractivity contribution in [3.63, 3.8) is 0 Å². The van der Waals surface area contributed by atoms with Crippen LogP contribution in [0, 0.1) is 5.92 Å². The number of hydrogen-bond acceptors (Lipinski definition) is 2. The molecule has 4 heteroatoms. The Kier molecular flexibility index (Phi) is 5.29. The van der Waals surface area contributed by atoms with Gasteiger partial charge in [-0.05, 0) is 44.4 Å². The first-order chi connectivity index (χ1) is 8.31. The highest BCUT2D eigenvalue weighted by atomic mass is 79.9. The highest BCUT2D eigenvalue weighted by Gasteiger charge is 2.30. The molecule has 2 atom stereocenters. The van der Waals surface area contributed by atoms with Gasteiger partial charge in [0.15, 0.2) is 0 Å². The van der Waals surface area contributed by atoms with Gasteiger partial charge in [-0.2, -0.15) is 0 Å². The highest BCUT2D eigenvalue weighted by Crippen LogP contribution is 2.23. The third-order valence-electron chi connectivity index (χ3n) is 3.80. The molecule has 2 fully saturated rings. The predicted octanol–water partition coefficient (Wildman–Crippen LogP) is 2.58. The summed E-state index contributed by atoms with van der Waals surface area (Å²) in [6.45, 7) is 2.62. The van der Waals surface area contributed by atoms with E-state index in [0.29, 0.717) is 5.92 Å². The molecule has 2 heterocycles. The maximum atomic E-state index is 12.3. The Balaban J connectivity index is 1.85. The summed E-state index contributed by atoms with van der Waals surface area (Å²) >= 11 is 3.49. The lowest BCUT2D eigenvalue weighted by Gasteiger charge is -2.35. The predicted molar refractivity (Wildman–Crippen MR) is 71.3 cm³/mol. The Bertz CT molecular complexity index is 252. The summed E-state index contributed by atoms with van der Waals surface area (Å²) in [4.78, 5) is 14.3. The fourth-order valence-corrected chi connectivity index (χ4v) is 3.44. The van der Waals surface area contributed by atoms with Crippen LogP contribution in [0.4, 0.5) is 0 Å². The van der Waals surface area contributed by atoms with Gasteiger partial charge in [0.25, 0.3) is 5.91 Å². The molecule has 2 aliphatic heterocycles. The zero-order valence-electron chi connectivity index (χ0n) is 10.4. The van der Waals surface area contributed by atoms with E-state index in [2.05, 4.69) is 15.9 Å². The summed E-state index contributed by atoms with van der Waals surface area (Å²) in [5, 5.41) is 1.04. The standard InChI is InChI=1S/C13H22BrNO2/c14-7-6-11-4-3-8-15(10-11)13(16)12-5-1-2-9-17-12/h11-12H,1-10H2. The molecule has 0 aromatic carbocycles. The Morgan fingerprint density at radius 2 is 2.18 bits per heavy atom. The summed E-state index contributed by atoms with van der Waals surface area (Å²) in [5.74, 6) is 0.916. The summed E-state index contributed by atoms with van der Waals surface area (Å²) in [6, 6.07) is 0. The minimum Gasteiger partial charge on any atom is -0.368 e. The van der Waals surface area contributed by atoms with Gasteiger partial charge in [0, 0.05) is 25.0 Å². The zero-order chi connectivity index (χ0) is 12.1. The molecule has 0 radical (unpaired) electrons. The smallest absolute Gasteiger partial charge is 0.251 e. The topological polar surface area (TPSA) is 29.5 Å². The van der Waals surface area contributed by atoms with Crippen molar-refractivity contribution in [3.05, 3.63) is 0 Å². The van der Waals surface area contributed by atoms with Crippen molar-refractivity contribution in [1.29, 1.82) is 0 Å². The van der Waals surface area contributed by atoms with Gasteiger partial charge in [-0.1, -0.05) is 15.9 Å². The second-order valence-electron chi connectivity index (χ2n) is 5.13. The average molecular weight is 304 g/mol. The molecule has 0 aromatic rings. The second kappa shape index (κ2) is 6.74. The van der Waals surface area contributed by atoms with Gasteiger partial charge >= 0.3 is 0 Å². The Morgan fingerprint density at radius 1 is 1.29 bits per heavy atom. The maximum Gasteiger partial charge on any atom is 0.251 e. The molecule has 1 amide bonds. The molecular formula is C13H22BrNO2. The number of likely N-dealkylation sites (tertiary alicyclic amines) is 1. The van der Waals surface area contributed by atoms with Crippen molar-refractivity contribution in [1.82, 2.24) is 4.90 Å². The molecule has 2 rings (SSSR count). The van der Waals surface area contributed by atoms with E-state index < -0.39 is 0 Å². The lowest BCUT2D eigenvalue weighted by molar-refractivity contribution is -0.148. The van der Waals surface area contributed by atoms with Crippen LogP contribution in [0.15, 0.2) is 0 Å². The Morgan fingerprint density at radius 3 is 2.88 bits per heavy atom. The minimum atomic E-state index is -0.147. The van der Waals surface area contributed by atoms with E-state index in [1.165, 1.54) is 12.8 Å². The van der Waals surface area contributed by atoms with Crippen LogP contribution < -0.4 is 0 Å². The highest BCUT2D eigenvalue weighted by molar-refractivity contribution is 9.09. The molecular weight excluding hydrogens is 282 g/mol. The molecule has 3 nitrogen and oxygen atoms in total. The third kappa shape index (κ3) is 3.68. The van der Waals surface area contributed by atoms with Gasteiger partial charge < -0.3 is 9.64 Å². The molecule has 98 valence electrons. The quantitative estimate of drug-likeness (QED) is 0.750. The van der Waals surface area contributed by atoms with E-state index in [0.717, 1.165) is 50.7 Å². The van der Waals surface area contributed by atoms with Crippen LogP contribution in [0.5, 0.6) is 0 Å². The van der Waals surface area contributed by atoms with Crippen molar-refractivity contribution in [2.75, 3.05) is 25.0 Å². The van der Waals surface area contributed by atoms with Crippen molar-refractivity contribution in [3.8, 4) is 0 Å². The van der Waals surface area contributed by atoms with Crippen LogP contribution in [0.2, 0.25) is 0 Å². The summed E-state index contributed by atoms with van der Waals surface area (Å²) < 4.78 is 5.59. The van der Waals surface area contributed by atoms with Crippen LogP contribution >= 0.6 is 15.9 Å². The molecule has 0 spiro atoms. The van der Waals surface area contributed by atoms with Crippen LogP contribution in [-0.4, -0.2) is 41.9 Å². The SMILES string of the molecule is O=C(C1CCCCO1)N1CCCC(CCBr)C1. The van der Waals surface area contributed by atoms with Crippen LogP contribution in [0.25, 0.3) is 0 Å². The number of amides is 1. The van der Waals surface area contributed by atoms with Gasteiger partial charge in [-0.3, -0.25) is 4.79 Å². The van der Waals surface area contributed by atoms with E-state index in [4.69, 9.17) is 4.74 Å². The Labute approximate surface area is 112 Å². The second-order valence-corrected chi connectivity index (χ2v) is 5.92. The molecule has 2 unspecified atom stereocenters. The van der Waals surface area contributed by atoms with Crippen LogP contribution in [0.3, 0.4) is 0 Å². The minimum absolute atomic E-state index is 0.147. The first kappa shape index (κ1) is 13.3. The van der Waals surface area contributed by atoms with Gasteiger partial charge in [0.1, 0.15) is 6.10 Å². The van der Waals surface area contributed by atoms with Crippen molar-refractivity contribution >= 4 is 21.8 Å². The number of carbonyl (C=O) groups excluding carboxylic acids is 1. The van der Waals surface area contributed by atoms with E-state index >= 15 is 0 Å². The average Bonchev–Trinajstić information content (AvgIpc) is 2.40. The fourth-order valence-electron chi connectivity index (χ4n) is 2.79. The van der Waals surface area contributed by atoms with Gasteiger partial charge in [0.2, 0.25) is 0 Å². The number of nitrogens with zero attached hydrogens (tertiary/aromatic N) is 1. The van der Waals surface area contributed by atoms with Crippen LogP contribution in [-0.2, 0) is 9.53 Å². The number of carbonyl (C=O) groups is 1. The number of halogens is 1. The number of rotatable bonds is 3. The third-order valence-corrected chi connectivity index (χ3v) is 4.26. The fraction of sp³-hybridized carbons (Fsp3) is 0.923. The van der Waals surface area contributed by atoms with Crippen LogP contribution in [0.1, 0.15) is 38.5 Å². The van der Waals surface area contributed by atoms with Gasteiger partial charge in [0.05, 0.1) is 0 Å². The lowest BCUT2D eigenvalue weighted by Crippen LogP contribution is -2.46. The maximum absolute atomic E-state index is 12.3. The molecule has 0 bridgehead atoms. The number of hydrogen-bond donors (Lipinski definition) is 0. The lowest BCUT2D eigenvalue weighted by atomic mass is 9.95. The van der Waals surface area contributed by atoms with Crippen molar-refractivity contribution in [2.24, 2.45) is 5.92 Å². The van der Waals surface area contributed by atoms with Crippen molar-refractivity contribution in [2.45, 2.75) is 44.6 Å². The normalized spacial score (nSPS) is 30.3. The molecule has 2 aliphatic rings. The molecule has 0 aromatic heterocycles. The van der Waals surface area contributed by atoms with E-state index in [-0.39, 0.29) is 12.0 Å². The molecule has 0 saturated carbocycles. The number of ether oxygens (including phenoxy) is 1. The molecule has 17 heavy (non-hydrogen) atoms. The first-order valence-electron chi connectivity index (χ1n) is 6.77. The molecule has 0 N–H and O–H groups in total. The monoisotopic (exact) mass is 303 g/mol. The zero-order valence-corrected chi connectivity index (χ0v) is 12.0. The Hall–Kier alpha value is -0.0900. The summed E-state index contributed by atoms with van der Waals surface area (Å²) in [5.41, 5.74) is 0. The summed E-state index contributed by atoms with van der Waals surface area (Å²) in [6.07, 6.45) is 6.60. The largest absolute Gasteiger partial charge is 0.368 e. The van der Waals surface area contributed by atoms with Gasteiger partial charge in [-0.25, -0.2) is 0 Å². The van der Waals surface area contributed by atoms with E-state index in [1.54, 1.807) is 0 Å². The van der Waals surface area contributed by atoms with Crippen molar-refractivity contribution < 1.29 is 9.53 Å². The van der Waals surface area contributed by atoms with E-state index in [1.807, 2.05) is 4.90 Å².